The summed E-state index contributed by atoms with van der Waals surface area (Å²) in [4.78, 5) is 24.5. The molecule has 7 nitrogen and oxygen atoms in total. The lowest BCUT2D eigenvalue weighted by Crippen LogP contribution is -2.35. The first kappa shape index (κ1) is 20.5. The fourth-order valence-electron chi connectivity index (χ4n) is 2.33. The van der Waals surface area contributed by atoms with Gasteiger partial charge in [-0.1, -0.05) is 23.2 Å². The number of aryl methyl sites for hydroxylation is 1. The molecule has 0 aliphatic rings. The third-order valence-corrected chi connectivity index (χ3v) is 4.33. The summed E-state index contributed by atoms with van der Waals surface area (Å²) in [6, 6.07) is 10.9. The molecule has 0 aliphatic carbocycles. The molecule has 0 aromatic heterocycles. The standard InChI is InChI=1S/C18H15Cl2N3O4/c1-12-9-14(4-5-15(12)20)22(8-2-7-21)18(24)11-27-17-6-3-13(19)10-16(17)23(25)26/h3-6,9-10H,2,8,11H2,1H3. The summed E-state index contributed by atoms with van der Waals surface area (Å²) in [5, 5.41) is 20.7. The molecule has 0 spiro atoms. The predicted molar refractivity (Wildman–Crippen MR) is 102 cm³/mol. The van der Waals surface area contributed by atoms with E-state index >= 15 is 0 Å². The molecular weight excluding hydrogens is 393 g/mol. The van der Waals surface area contributed by atoms with Crippen LogP contribution in [0, 0.1) is 28.4 Å². The number of nitro groups is 1. The van der Waals surface area contributed by atoms with E-state index in [2.05, 4.69) is 0 Å². The second-order valence-electron chi connectivity index (χ2n) is 5.54. The molecule has 0 fully saturated rings. The third-order valence-electron chi connectivity index (χ3n) is 3.67. The van der Waals surface area contributed by atoms with Crippen molar-refractivity contribution in [3.8, 4) is 11.8 Å². The number of benzene rings is 2. The second kappa shape index (κ2) is 9.21. The van der Waals surface area contributed by atoms with E-state index in [-0.39, 0.29) is 29.4 Å². The van der Waals surface area contributed by atoms with E-state index < -0.39 is 17.4 Å². The molecule has 0 atom stereocenters. The molecule has 0 heterocycles. The van der Waals surface area contributed by atoms with Gasteiger partial charge in [-0.15, -0.1) is 0 Å². The molecule has 0 radical (unpaired) electrons. The summed E-state index contributed by atoms with van der Waals surface area (Å²) in [7, 11) is 0. The van der Waals surface area contributed by atoms with Crippen LogP contribution in [0.3, 0.4) is 0 Å². The first-order chi connectivity index (χ1) is 12.8. The Balaban J connectivity index is 2.20. The number of carbonyl (C=O) groups is 1. The number of ether oxygens (including phenoxy) is 1. The molecule has 0 N–H and O–H groups in total. The normalized spacial score (nSPS) is 10.1. The number of nitrogens with zero attached hydrogens (tertiary/aromatic N) is 3. The van der Waals surface area contributed by atoms with Crippen LogP contribution in [-0.4, -0.2) is 24.0 Å². The summed E-state index contributed by atoms with van der Waals surface area (Å²) >= 11 is 11.8. The van der Waals surface area contributed by atoms with Crippen LogP contribution in [0.2, 0.25) is 10.0 Å². The van der Waals surface area contributed by atoms with E-state index in [0.29, 0.717) is 10.7 Å². The van der Waals surface area contributed by atoms with Gasteiger partial charge in [0, 0.05) is 28.3 Å². The molecule has 0 aliphatic heterocycles. The maximum atomic E-state index is 12.6. The molecule has 0 unspecified atom stereocenters. The van der Waals surface area contributed by atoms with Crippen LogP contribution in [0.5, 0.6) is 5.75 Å². The number of amides is 1. The lowest BCUT2D eigenvalue weighted by Gasteiger charge is -2.22. The average Bonchev–Trinajstić information content (AvgIpc) is 2.63. The molecule has 0 saturated heterocycles. The SMILES string of the molecule is Cc1cc(N(CCC#N)C(=O)COc2ccc(Cl)cc2[N+](=O)[O-])ccc1Cl. The van der Waals surface area contributed by atoms with Crippen LogP contribution in [-0.2, 0) is 4.79 Å². The van der Waals surface area contributed by atoms with Crippen LogP contribution >= 0.6 is 23.2 Å². The fourth-order valence-corrected chi connectivity index (χ4v) is 2.61. The fraction of sp³-hybridized carbons (Fsp3) is 0.222. The van der Waals surface area contributed by atoms with Gasteiger partial charge < -0.3 is 9.64 Å². The van der Waals surface area contributed by atoms with E-state index in [9.17, 15) is 14.9 Å². The highest BCUT2D eigenvalue weighted by molar-refractivity contribution is 6.31. The highest BCUT2D eigenvalue weighted by Crippen LogP contribution is 2.30. The zero-order chi connectivity index (χ0) is 20.0. The number of hydrogen-bond donors (Lipinski definition) is 0. The van der Waals surface area contributed by atoms with Crippen LogP contribution in [0.1, 0.15) is 12.0 Å². The number of hydrogen-bond acceptors (Lipinski definition) is 5. The van der Waals surface area contributed by atoms with Crippen LogP contribution in [0.4, 0.5) is 11.4 Å². The second-order valence-corrected chi connectivity index (χ2v) is 6.39. The Bertz CT molecular complexity index is 912. The Labute approximate surface area is 165 Å². The van der Waals surface area contributed by atoms with E-state index in [4.69, 9.17) is 33.2 Å². The smallest absolute Gasteiger partial charge is 0.312 e. The molecule has 0 saturated carbocycles. The number of rotatable bonds is 7. The maximum Gasteiger partial charge on any atom is 0.312 e. The zero-order valence-corrected chi connectivity index (χ0v) is 15.8. The van der Waals surface area contributed by atoms with Gasteiger partial charge in [-0.2, -0.15) is 5.26 Å². The molecule has 1 amide bonds. The average molecular weight is 408 g/mol. The Kier molecular flexibility index (Phi) is 6.99. The van der Waals surface area contributed by atoms with Crippen molar-refractivity contribution < 1.29 is 14.5 Å². The van der Waals surface area contributed by atoms with E-state index in [1.165, 1.54) is 17.0 Å². The van der Waals surface area contributed by atoms with E-state index in [1.54, 1.807) is 25.1 Å². The molecule has 2 aromatic rings. The zero-order valence-electron chi connectivity index (χ0n) is 14.3. The summed E-state index contributed by atoms with van der Waals surface area (Å²) in [6.45, 7) is 1.52. The van der Waals surface area contributed by atoms with Crippen molar-refractivity contribution in [2.45, 2.75) is 13.3 Å². The van der Waals surface area contributed by atoms with Gasteiger partial charge in [-0.3, -0.25) is 14.9 Å². The Morgan fingerprint density at radius 3 is 2.67 bits per heavy atom. The van der Waals surface area contributed by atoms with Crippen molar-refractivity contribution in [2.24, 2.45) is 0 Å². The van der Waals surface area contributed by atoms with Gasteiger partial charge in [0.1, 0.15) is 0 Å². The quantitative estimate of drug-likeness (QED) is 0.495. The molecule has 2 aromatic carbocycles. The van der Waals surface area contributed by atoms with Crippen molar-refractivity contribution in [1.82, 2.24) is 0 Å². The lowest BCUT2D eigenvalue weighted by atomic mass is 10.2. The molecule has 27 heavy (non-hydrogen) atoms. The van der Waals surface area contributed by atoms with Crippen LogP contribution < -0.4 is 9.64 Å². The van der Waals surface area contributed by atoms with Crippen molar-refractivity contribution in [3.63, 3.8) is 0 Å². The number of nitro benzene ring substituents is 1. The molecule has 140 valence electrons. The number of carbonyl (C=O) groups excluding carboxylic acids is 1. The molecule has 2 rings (SSSR count). The Hall–Kier alpha value is -2.82. The maximum absolute atomic E-state index is 12.6. The first-order valence-electron chi connectivity index (χ1n) is 7.83. The lowest BCUT2D eigenvalue weighted by molar-refractivity contribution is -0.385. The van der Waals surface area contributed by atoms with E-state index in [1.807, 2.05) is 6.07 Å². The highest BCUT2D eigenvalue weighted by atomic mass is 35.5. The molecular formula is C18H15Cl2N3O4. The third kappa shape index (κ3) is 5.33. The predicted octanol–water partition coefficient (Wildman–Crippen LogP) is 4.54. The van der Waals surface area contributed by atoms with Gasteiger partial charge in [-0.05, 0) is 42.8 Å². The van der Waals surface area contributed by atoms with E-state index in [0.717, 1.165) is 11.6 Å². The number of halogens is 2. The van der Waals surface area contributed by atoms with Gasteiger partial charge >= 0.3 is 5.69 Å². The monoisotopic (exact) mass is 407 g/mol. The first-order valence-corrected chi connectivity index (χ1v) is 8.59. The van der Waals surface area contributed by atoms with Gasteiger partial charge in [0.2, 0.25) is 0 Å². The number of anilines is 1. The number of nitriles is 1. The van der Waals surface area contributed by atoms with Crippen molar-refractivity contribution in [1.29, 1.82) is 5.26 Å². The van der Waals surface area contributed by atoms with Gasteiger partial charge in [0.05, 0.1) is 17.4 Å². The van der Waals surface area contributed by atoms with Crippen molar-refractivity contribution in [3.05, 3.63) is 62.1 Å². The van der Waals surface area contributed by atoms with Gasteiger partial charge in [-0.25, -0.2) is 0 Å². The topological polar surface area (TPSA) is 96.5 Å². The van der Waals surface area contributed by atoms with Gasteiger partial charge in [0.25, 0.3) is 5.91 Å². The minimum absolute atomic E-state index is 0.0646. The largest absolute Gasteiger partial charge is 0.477 e. The van der Waals surface area contributed by atoms with Gasteiger partial charge in [0.15, 0.2) is 12.4 Å². The minimum atomic E-state index is -0.637. The van der Waals surface area contributed by atoms with Crippen LogP contribution in [0.15, 0.2) is 36.4 Å². The van der Waals surface area contributed by atoms with Crippen LogP contribution in [0.25, 0.3) is 0 Å². The van der Waals surface area contributed by atoms with Crippen molar-refractivity contribution >= 4 is 40.5 Å². The minimum Gasteiger partial charge on any atom is -0.477 e. The van der Waals surface area contributed by atoms with Crippen molar-refractivity contribution in [2.75, 3.05) is 18.1 Å². The summed E-state index contributed by atoms with van der Waals surface area (Å²) in [5.74, 6) is -0.513. The Morgan fingerprint density at radius 2 is 2.04 bits per heavy atom. The Morgan fingerprint density at radius 1 is 1.30 bits per heavy atom. The summed E-state index contributed by atoms with van der Waals surface area (Å²) in [5.41, 5.74) is 1.01. The molecule has 9 heteroatoms. The highest BCUT2D eigenvalue weighted by Gasteiger charge is 2.20. The molecule has 0 bridgehead atoms. The summed E-state index contributed by atoms with van der Waals surface area (Å²) in [6.07, 6.45) is 0.120. The summed E-state index contributed by atoms with van der Waals surface area (Å²) < 4.78 is 5.35.